The summed E-state index contributed by atoms with van der Waals surface area (Å²) in [5.74, 6) is 0.114. The summed E-state index contributed by atoms with van der Waals surface area (Å²) in [5, 5.41) is 24.5. The van der Waals surface area contributed by atoms with Crippen LogP contribution in [0.5, 0.6) is 11.6 Å². The quantitative estimate of drug-likeness (QED) is 0.770. The highest BCUT2D eigenvalue weighted by Crippen LogP contribution is 2.36. The van der Waals surface area contributed by atoms with Gasteiger partial charge in [0.2, 0.25) is 5.88 Å². The number of rotatable bonds is 1. The van der Waals surface area contributed by atoms with Crippen molar-refractivity contribution in [2.75, 3.05) is 0 Å². The third-order valence-electron chi connectivity index (χ3n) is 2.73. The van der Waals surface area contributed by atoms with Gasteiger partial charge in [0.25, 0.3) is 0 Å². The average molecular weight is 221 g/mol. The number of hydrogen-bond acceptors (Lipinski definition) is 4. The fourth-order valence-electron chi connectivity index (χ4n) is 1.77. The highest BCUT2D eigenvalue weighted by molar-refractivity contribution is 5.87. The maximum absolute atomic E-state index is 10.0. The second-order valence-corrected chi connectivity index (χ2v) is 4.27. The SMILES string of the molecule is Cc1c(O)nc2c(c(C(C)C)nn2C)c1O. The maximum atomic E-state index is 10.0. The Hall–Kier alpha value is -1.78. The van der Waals surface area contributed by atoms with Gasteiger partial charge in [-0.25, -0.2) is 4.68 Å². The first-order valence-corrected chi connectivity index (χ1v) is 5.18. The zero-order valence-electron chi connectivity index (χ0n) is 9.81. The van der Waals surface area contributed by atoms with E-state index in [9.17, 15) is 10.2 Å². The lowest BCUT2D eigenvalue weighted by molar-refractivity contribution is 0.432. The normalized spacial score (nSPS) is 11.6. The number of fused-ring (bicyclic) bond motifs is 1. The Balaban J connectivity index is 2.93. The summed E-state index contributed by atoms with van der Waals surface area (Å²) < 4.78 is 1.57. The molecular formula is C11H15N3O2. The summed E-state index contributed by atoms with van der Waals surface area (Å²) in [6.07, 6.45) is 0. The average Bonchev–Trinajstić information content (AvgIpc) is 2.53. The van der Waals surface area contributed by atoms with Crippen molar-refractivity contribution in [1.29, 1.82) is 0 Å². The van der Waals surface area contributed by atoms with Crippen molar-refractivity contribution in [3.05, 3.63) is 11.3 Å². The molecule has 0 saturated carbocycles. The van der Waals surface area contributed by atoms with E-state index in [1.54, 1.807) is 18.7 Å². The number of aromatic hydroxyl groups is 2. The first-order valence-electron chi connectivity index (χ1n) is 5.18. The fraction of sp³-hybridized carbons (Fsp3) is 0.455. The van der Waals surface area contributed by atoms with Gasteiger partial charge in [-0.1, -0.05) is 13.8 Å². The van der Waals surface area contributed by atoms with Gasteiger partial charge >= 0.3 is 0 Å². The van der Waals surface area contributed by atoms with Crippen LogP contribution < -0.4 is 0 Å². The minimum absolute atomic E-state index is 0.0688. The van der Waals surface area contributed by atoms with Crippen LogP contribution in [0, 0.1) is 6.92 Å². The van der Waals surface area contributed by atoms with Crippen LogP contribution in [0.1, 0.15) is 31.0 Å². The third-order valence-corrected chi connectivity index (χ3v) is 2.73. The van der Waals surface area contributed by atoms with Crippen molar-refractivity contribution in [3.63, 3.8) is 0 Å². The monoisotopic (exact) mass is 221 g/mol. The molecule has 0 spiro atoms. The molecule has 5 nitrogen and oxygen atoms in total. The molecule has 86 valence electrons. The summed E-state index contributed by atoms with van der Waals surface area (Å²) in [4.78, 5) is 4.03. The van der Waals surface area contributed by atoms with Crippen LogP contribution in [0.4, 0.5) is 0 Å². The first-order chi connectivity index (χ1) is 7.43. The van der Waals surface area contributed by atoms with Crippen molar-refractivity contribution < 1.29 is 10.2 Å². The molecule has 0 bridgehead atoms. The standard InChI is InChI=1S/C11H15N3O2/c1-5(2)8-7-9(15)6(3)11(16)12-10(7)14(4)13-8/h5H,1-4H3,(H2,12,15,16). The minimum atomic E-state index is -0.150. The largest absolute Gasteiger partial charge is 0.507 e. The third kappa shape index (κ3) is 1.31. The molecule has 0 aliphatic heterocycles. The predicted molar refractivity (Wildman–Crippen MR) is 60.7 cm³/mol. The molecule has 0 aliphatic carbocycles. The van der Waals surface area contributed by atoms with Gasteiger partial charge in [0.05, 0.1) is 16.6 Å². The van der Waals surface area contributed by atoms with Crippen LogP contribution in [0.25, 0.3) is 11.0 Å². The lowest BCUT2D eigenvalue weighted by atomic mass is 10.1. The Labute approximate surface area is 93.4 Å². The van der Waals surface area contributed by atoms with Crippen LogP contribution >= 0.6 is 0 Å². The van der Waals surface area contributed by atoms with Crippen LogP contribution in [-0.4, -0.2) is 25.0 Å². The van der Waals surface area contributed by atoms with Crippen molar-refractivity contribution >= 4 is 11.0 Å². The van der Waals surface area contributed by atoms with Crippen LogP contribution in [-0.2, 0) is 7.05 Å². The number of pyridine rings is 1. The first kappa shape index (κ1) is 10.7. The van der Waals surface area contributed by atoms with Gasteiger partial charge in [-0.3, -0.25) is 0 Å². The van der Waals surface area contributed by atoms with E-state index < -0.39 is 0 Å². The van der Waals surface area contributed by atoms with E-state index in [-0.39, 0.29) is 17.5 Å². The van der Waals surface area contributed by atoms with Crippen molar-refractivity contribution in [2.45, 2.75) is 26.7 Å². The lowest BCUT2D eigenvalue weighted by Crippen LogP contribution is -1.93. The summed E-state index contributed by atoms with van der Waals surface area (Å²) in [5.41, 5.74) is 1.69. The Morgan fingerprint density at radius 1 is 1.25 bits per heavy atom. The van der Waals surface area contributed by atoms with E-state index >= 15 is 0 Å². The molecule has 0 fully saturated rings. The molecule has 16 heavy (non-hydrogen) atoms. The molecule has 2 N–H and O–H groups in total. The topological polar surface area (TPSA) is 71.2 Å². The molecule has 0 aromatic carbocycles. The molecule has 0 radical (unpaired) electrons. The lowest BCUT2D eigenvalue weighted by Gasteiger charge is -2.05. The molecule has 0 aliphatic rings. The van der Waals surface area contributed by atoms with Gasteiger partial charge in [-0.15, -0.1) is 0 Å². The zero-order valence-corrected chi connectivity index (χ0v) is 9.81. The van der Waals surface area contributed by atoms with Gasteiger partial charge < -0.3 is 10.2 Å². The molecule has 2 aromatic heterocycles. The number of aryl methyl sites for hydroxylation is 1. The van der Waals surface area contributed by atoms with E-state index in [4.69, 9.17) is 0 Å². The molecule has 0 atom stereocenters. The Bertz CT molecular complexity index is 558. The molecule has 2 aromatic rings. The second kappa shape index (κ2) is 3.37. The minimum Gasteiger partial charge on any atom is -0.507 e. The molecule has 0 unspecified atom stereocenters. The van der Waals surface area contributed by atoms with Crippen molar-refractivity contribution in [2.24, 2.45) is 7.05 Å². The molecule has 2 heterocycles. The summed E-state index contributed by atoms with van der Waals surface area (Å²) in [7, 11) is 1.75. The Morgan fingerprint density at radius 2 is 1.88 bits per heavy atom. The van der Waals surface area contributed by atoms with Gasteiger partial charge in [0.15, 0.2) is 5.65 Å². The number of aromatic nitrogens is 3. The van der Waals surface area contributed by atoms with Gasteiger partial charge in [0.1, 0.15) is 5.75 Å². The summed E-state index contributed by atoms with van der Waals surface area (Å²) in [6, 6.07) is 0. The van der Waals surface area contributed by atoms with Gasteiger partial charge in [-0.05, 0) is 12.8 Å². The predicted octanol–water partition coefficient (Wildman–Crippen LogP) is 1.81. The van der Waals surface area contributed by atoms with E-state index in [0.717, 1.165) is 5.69 Å². The summed E-state index contributed by atoms with van der Waals surface area (Å²) in [6.45, 7) is 5.64. The van der Waals surface area contributed by atoms with Crippen molar-refractivity contribution in [1.82, 2.24) is 14.8 Å². The number of hydrogen-bond donors (Lipinski definition) is 2. The van der Waals surface area contributed by atoms with Gasteiger partial charge in [-0.2, -0.15) is 10.1 Å². The van der Waals surface area contributed by atoms with E-state index in [1.165, 1.54) is 0 Å². The Kier molecular flexibility index (Phi) is 2.26. The Morgan fingerprint density at radius 3 is 2.44 bits per heavy atom. The highest BCUT2D eigenvalue weighted by Gasteiger charge is 2.20. The smallest absolute Gasteiger partial charge is 0.219 e. The van der Waals surface area contributed by atoms with Crippen LogP contribution in [0.2, 0.25) is 0 Å². The molecule has 0 amide bonds. The van der Waals surface area contributed by atoms with Gasteiger partial charge in [0, 0.05) is 7.05 Å². The molecule has 2 rings (SSSR count). The van der Waals surface area contributed by atoms with E-state index in [1.807, 2.05) is 13.8 Å². The number of nitrogens with zero attached hydrogens (tertiary/aromatic N) is 3. The van der Waals surface area contributed by atoms with Crippen LogP contribution in [0.15, 0.2) is 0 Å². The molecular weight excluding hydrogens is 206 g/mol. The fourth-order valence-corrected chi connectivity index (χ4v) is 1.77. The summed E-state index contributed by atoms with van der Waals surface area (Å²) >= 11 is 0. The van der Waals surface area contributed by atoms with Crippen LogP contribution in [0.3, 0.4) is 0 Å². The second-order valence-electron chi connectivity index (χ2n) is 4.27. The van der Waals surface area contributed by atoms with Crippen molar-refractivity contribution in [3.8, 4) is 11.6 Å². The maximum Gasteiger partial charge on any atom is 0.219 e. The van der Waals surface area contributed by atoms with E-state index in [0.29, 0.717) is 16.6 Å². The molecule has 5 heteroatoms. The zero-order chi connectivity index (χ0) is 12.0. The van der Waals surface area contributed by atoms with E-state index in [2.05, 4.69) is 10.1 Å². The highest BCUT2D eigenvalue weighted by atomic mass is 16.3. The molecule has 0 saturated heterocycles.